The van der Waals surface area contributed by atoms with Crippen LogP contribution in [0.3, 0.4) is 0 Å². The van der Waals surface area contributed by atoms with Gasteiger partial charge in [0.1, 0.15) is 6.17 Å². The third-order valence-electron chi connectivity index (χ3n) is 3.32. The highest BCUT2D eigenvalue weighted by atomic mass is 35.5. The van der Waals surface area contributed by atoms with E-state index in [0.29, 0.717) is 5.88 Å². The summed E-state index contributed by atoms with van der Waals surface area (Å²) >= 11 is 5.96. The average Bonchev–Trinajstić information content (AvgIpc) is 2.40. The average molecular weight is 261 g/mol. The molecular weight excluding hydrogens is 244 g/mol. The second-order valence-electron chi connectivity index (χ2n) is 4.42. The highest BCUT2D eigenvalue weighted by molar-refractivity contribution is 6.18. The fourth-order valence-electron chi connectivity index (χ4n) is 2.09. The van der Waals surface area contributed by atoms with Gasteiger partial charge in [-0.1, -0.05) is 18.1 Å². The Hall–Kier alpha value is -1.46. The SMILES string of the molecule is CC#CCc1ccc2c(c1)=NC(CCl)N(C)C=2C. The standard InChI is InChI=1S/C15H17ClN2/c1-4-5-6-12-7-8-13-11(2)18(3)15(10-16)17-14(13)9-12/h7-9,15H,6,10H2,1-3H3. The van der Waals surface area contributed by atoms with Crippen molar-refractivity contribution in [2.45, 2.75) is 26.4 Å². The predicted octanol–water partition coefficient (Wildman–Crippen LogP) is 1.51. The zero-order valence-electron chi connectivity index (χ0n) is 11.0. The number of alkyl halides is 1. The first-order valence-corrected chi connectivity index (χ1v) is 6.57. The van der Waals surface area contributed by atoms with Crippen LogP contribution in [0.5, 0.6) is 0 Å². The molecule has 0 aliphatic carbocycles. The first-order valence-electron chi connectivity index (χ1n) is 6.03. The lowest BCUT2D eigenvalue weighted by Crippen LogP contribution is -2.44. The Morgan fingerprint density at radius 1 is 1.44 bits per heavy atom. The van der Waals surface area contributed by atoms with Gasteiger partial charge in [0.2, 0.25) is 0 Å². The number of fused-ring (bicyclic) bond motifs is 1. The summed E-state index contributed by atoms with van der Waals surface area (Å²) < 4.78 is 0. The molecule has 0 N–H and O–H groups in total. The van der Waals surface area contributed by atoms with Gasteiger partial charge in [-0.25, -0.2) is 0 Å². The molecule has 1 atom stereocenters. The van der Waals surface area contributed by atoms with E-state index in [0.717, 1.165) is 11.8 Å². The summed E-state index contributed by atoms with van der Waals surface area (Å²) in [5.41, 5.74) is 2.43. The third kappa shape index (κ3) is 2.37. The van der Waals surface area contributed by atoms with E-state index < -0.39 is 0 Å². The monoisotopic (exact) mass is 260 g/mol. The van der Waals surface area contributed by atoms with Crippen LogP contribution >= 0.6 is 11.6 Å². The summed E-state index contributed by atoms with van der Waals surface area (Å²) in [5.74, 6) is 6.50. The third-order valence-corrected chi connectivity index (χ3v) is 3.60. The summed E-state index contributed by atoms with van der Waals surface area (Å²) in [6.07, 6.45) is 0.811. The van der Waals surface area contributed by atoms with Crippen molar-refractivity contribution in [1.82, 2.24) is 4.90 Å². The predicted molar refractivity (Wildman–Crippen MR) is 75.7 cm³/mol. The molecule has 18 heavy (non-hydrogen) atoms. The minimum absolute atomic E-state index is 0.0340. The molecule has 0 spiro atoms. The van der Waals surface area contributed by atoms with Gasteiger partial charge in [-0.15, -0.1) is 17.5 Å². The maximum absolute atomic E-state index is 5.96. The summed E-state index contributed by atoms with van der Waals surface area (Å²) in [4.78, 5) is 6.81. The number of hydrogen-bond acceptors (Lipinski definition) is 2. The van der Waals surface area contributed by atoms with Gasteiger partial charge in [0.25, 0.3) is 0 Å². The van der Waals surface area contributed by atoms with Crippen molar-refractivity contribution in [2.24, 2.45) is 4.99 Å². The smallest absolute Gasteiger partial charge is 0.135 e. The van der Waals surface area contributed by atoms with Crippen molar-refractivity contribution in [3.8, 4) is 11.8 Å². The minimum atomic E-state index is 0.0340. The van der Waals surface area contributed by atoms with Gasteiger partial charge < -0.3 is 4.90 Å². The van der Waals surface area contributed by atoms with Crippen molar-refractivity contribution in [3.05, 3.63) is 34.3 Å². The van der Waals surface area contributed by atoms with Crippen LogP contribution in [0.15, 0.2) is 23.2 Å². The van der Waals surface area contributed by atoms with Crippen LogP contribution in [0.4, 0.5) is 0 Å². The van der Waals surface area contributed by atoms with Crippen LogP contribution in [0.1, 0.15) is 19.4 Å². The lowest BCUT2D eigenvalue weighted by molar-refractivity contribution is 0.366. The van der Waals surface area contributed by atoms with E-state index in [-0.39, 0.29) is 6.17 Å². The molecule has 2 rings (SSSR count). The van der Waals surface area contributed by atoms with Crippen molar-refractivity contribution in [2.75, 3.05) is 12.9 Å². The molecule has 1 heterocycles. The zero-order valence-corrected chi connectivity index (χ0v) is 11.8. The van der Waals surface area contributed by atoms with Gasteiger partial charge >= 0.3 is 0 Å². The molecule has 0 bridgehead atoms. The van der Waals surface area contributed by atoms with Crippen LogP contribution in [-0.4, -0.2) is 24.0 Å². The molecule has 1 aromatic carbocycles. The Kier molecular flexibility index (Phi) is 3.93. The van der Waals surface area contributed by atoms with E-state index in [4.69, 9.17) is 11.6 Å². The molecule has 0 fully saturated rings. The Labute approximate surface area is 113 Å². The van der Waals surface area contributed by atoms with E-state index in [1.807, 2.05) is 14.0 Å². The first-order chi connectivity index (χ1) is 8.67. The second-order valence-corrected chi connectivity index (χ2v) is 4.72. The van der Waals surface area contributed by atoms with Crippen molar-refractivity contribution in [1.29, 1.82) is 0 Å². The van der Waals surface area contributed by atoms with Gasteiger partial charge in [-0.05, 0) is 25.5 Å². The summed E-state index contributed by atoms with van der Waals surface area (Å²) in [6.45, 7) is 3.97. The number of nitrogens with zero attached hydrogens (tertiary/aromatic N) is 2. The molecule has 1 aromatic rings. The molecule has 0 saturated carbocycles. The van der Waals surface area contributed by atoms with Crippen LogP contribution < -0.4 is 10.6 Å². The molecular formula is C15H17ClN2. The largest absolute Gasteiger partial charge is 0.355 e. The minimum Gasteiger partial charge on any atom is -0.355 e. The maximum atomic E-state index is 5.96. The summed E-state index contributed by atoms with van der Waals surface area (Å²) in [7, 11) is 2.03. The molecule has 1 aliphatic heterocycles. The highest BCUT2D eigenvalue weighted by Crippen LogP contribution is 2.10. The molecule has 2 nitrogen and oxygen atoms in total. The van der Waals surface area contributed by atoms with Gasteiger partial charge in [-0.3, -0.25) is 4.99 Å². The Morgan fingerprint density at radius 2 is 2.22 bits per heavy atom. The zero-order chi connectivity index (χ0) is 13.1. The van der Waals surface area contributed by atoms with Crippen LogP contribution in [0.25, 0.3) is 5.70 Å². The lowest BCUT2D eigenvalue weighted by atomic mass is 10.1. The molecule has 0 radical (unpaired) electrons. The first kappa shape index (κ1) is 13.0. The molecule has 0 amide bonds. The fraction of sp³-hybridized carbons (Fsp3) is 0.400. The van der Waals surface area contributed by atoms with Gasteiger partial charge in [0, 0.05) is 24.4 Å². The topological polar surface area (TPSA) is 15.6 Å². The van der Waals surface area contributed by atoms with Crippen LogP contribution in [0, 0.1) is 11.8 Å². The van der Waals surface area contributed by atoms with E-state index in [1.165, 1.54) is 16.5 Å². The van der Waals surface area contributed by atoms with Crippen molar-refractivity contribution >= 4 is 17.3 Å². The highest BCUT2D eigenvalue weighted by Gasteiger charge is 2.16. The van der Waals surface area contributed by atoms with E-state index in [2.05, 4.69) is 46.9 Å². The Morgan fingerprint density at radius 3 is 2.89 bits per heavy atom. The van der Waals surface area contributed by atoms with Gasteiger partial charge in [-0.2, -0.15) is 0 Å². The molecule has 1 aliphatic rings. The summed E-state index contributed by atoms with van der Waals surface area (Å²) in [6, 6.07) is 6.37. The molecule has 94 valence electrons. The van der Waals surface area contributed by atoms with Gasteiger partial charge in [0.05, 0.1) is 11.2 Å². The fourth-order valence-corrected chi connectivity index (χ4v) is 2.37. The molecule has 1 unspecified atom stereocenters. The quantitative estimate of drug-likeness (QED) is 0.581. The lowest BCUT2D eigenvalue weighted by Gasteiger charge is -2.29. The van der Waals surface area contributed by atoms with Crippen molar-refractivity contribution < 1.29 is 0 Å². The Bertz CT molecular complexity index is 622. The molecule has 0 saturated heterocycles. The van der Waals surface area contributed by atoms with Crippen LogP contribution in [0.2, 0.25) is 0 Å². The van der Waals surface area contributed by atoms with Crippen LogP contribution in [-0.2, 0) is 6.42 Å². The normalized spacial score (nSPS) is 17.7. The van der Waals surface area contributed by atoms with E-state index >= 15 is 0 Å². The number of hydrogen-bond donors (Lipinski definition) is 0. The van der Waals surface area contributed by atoms with E-state index in [1.54, 1.807) is 0 Å². The molecule has 0 aromatic heterocycles. The summed E-state index contributed by atoms with van der Waals surface area (Å²) in [5, 5.41) is 2.22. The molecule has 3 heteroatoms. The van der Waals surface area contributed by atoms with Gasteiger partial charge in [0.15, 0.2) is 0 Å². The second kappa shape index (κ2) is 5.46. The van der Waals surface area contributed by atoms with Crippen molar-refractivity contribution in [3.63, 3.8) is 0 Å². The maximum Gasteiger partial charge on any atom is 0.135 e. The Balaban J connectivity index is 2.55. The number of benzene rings is 1. The number of rotatable bonds is 2. The van der Waals surface area contributed by atoms with E-state index in [9.17, 15) is 0 Å². The number of halogens is 1.